The van der Waals surface area contributed by atoms with E-state index in [9.17, 15) is 14.7 Å². The molecule has 2 aromatic carbocycles. The molecule has 0 spiro atoms. The van der Waals surface area contributed by atoms with Crippen LogP contribution in [0.3, 0.4) is 0 Å². The molecule has 7 nitrogen and oxygen atoms in total. The Balaban J connectivity index is 1.61. The van der Waals surface area contributed by atoms with Crippen LogP contribution < -0.4 is 11.2 Å². The summed E-state index contributed by atoms with van der Waals surface area (Å²) in [6.45, 7) is 0.414. The van der Waals surface area contributed by atoms with Crippen LogP contribution in [-0.2, 0) is 6.42 Å². The van der Waals surface area contributed by atoms with Crippen molar-refractivity contribution in [2.75, 3.05) is 6.54 Å². The second kappa shape index (κ2) is 7.81. The van der Waals surface area contributed by atoms with Crippen LogP contribution in [0.2, 0.25) is 5.02 Å². The number of nitrogens with one attached hydrogen (secondary N) is 2. The Bertz CT molecular complexity index is 1330. The lowest BCUT2D eigenvalue weighted by atomic mass is 10.1. The van der Waals surface area contributed by atoms with Crippen LogP contribution in [0, 0.1) is 0 Å². The van der Waals surface area contributed by atoms with Gasteiger partial charge in [-0.1, -0.05) is 35.9 Å². The summed E-state index contributed by atoms with van der Waals surface area (Å²) < 4.78 is 0.980. The molecule has 0 unspecified atom stereocenters. The first kappa shape index (κ1) is 18.8. The van der Waals surface area contributed by atoms with Crippen LogP contribution in [0.25, 0.3) is 16.6 Å². The third-order valence-corrected chi connectivity index (χ3v) is 4.83. The van der Waals surface area contributed by atoms with E-state index in [-0.39, 0.29) is 5.56 Å². The summed E-state index contributed by atoms with van der Waals surface area (Å²) in [5.74, 6) is -0.489. The summed E-state index contributed by atoms with van der Waals surface area (Å²) in [5, 5.41) is 12.0. The number of nitrogens with zero attached hydrogens (tertiary/aromatic N) is 2. The molecule has 4 aromatic rings. The number of halogens is 1. The number of para-hydroxylation sites is 1. The van der Waals surface area contributed by atoms with E-state index < -0.39 is 17.1 Å². The van der Waals surface area contributed by atoms with E-state index in [1.807, 2.05) is 30.5 Å². The zero-order chi connectivity index (χ0) is 20.4. The number of aliphatic imine (C=N–C) groups is 1. The van der Waals surface area contributed by atoms with Crippen molar-refractivity contribution in [2.24, 2.45) is 4.99 Å². The Morgan fingerprint density at radius 3 is 2.79 bits per heavy atom. The molecule has 0 aliphatic rings. The molecule has 8 heteroatoms. The van der Waals surface area contributed by atoms with E-state index >= 15 is 0 Å². The largest absolute Gasteiger partial charge is 0.493 e. The van der Waals surface area contributed by atoms with E-state index in [1.165, 1.54) is 12.3 Å². The van der Waals surface area contributed by atoms with Crippen LogP contribution >= 0.6 is 11.6 Å². The highest BCUT2D eigenvalue weighted by molar-refractivity contribution is 6.30. The van der Waals surface area contributed by atoms with Crippen molar-refractivity contribution >= 4 is 28.7 Å². The maximum absolute atomic E-state index is 12.2. The number of fused-ring (bicyclic) bond motifs is 1. The molecule has 146 valence electrons. The summed E-state index contributed by atoms with van der Waals surface area (Å²) in [6, 6.07) is 14.4. The van der Waals surface area contributed by atoms with E-state index in [2.05, 4.69) is 15.0 Å². The van der Waals surface area contributed by atoms with Gasteiger partial charge in [0, 0.05) is 34.9 Å². The van der Waals surface area contributed by atoms with Gasteiger partial charge in [-0.2, -0.15) is 0 Å². The Morgan fingerprint density at radius 1 is 1.14 bits per heavy atom. The Kier molecular flexibility index (Phi) is 5.05. The van der Waals surface area contributed by atoms with Crippen molar-refractivity contribution in [3.63, 3.8) is 0 Å². The topological polar surface area (TPSA) is 103 Å². The van der Waals surface area contributed by atoms with Crippen molar-refractivity contribution in [1.29, 1.82) is 0 Å². The van der Waals surface area contributed by atoms with E-state index in [1.54, 1.807) is 18.2 Å². The number of benzene rings is 2. The predicted octanol–water partition coefficient (Wildman–Crippen LogP) is 3.03. The molecule has 2 aromatic heterocycles. The Labute approximate surface area is 169 Å². The smallest absolute Gasteiger partial charge is 0.335 e. The summed E-state index contributed by atoms with van der Waals surface area (Å²) in [6.07, 6.45) is 3.88. The fraction of sp³-hybridized carbons (Fsp3) is 0.0952. The number of hydrogen-bond donors (Lipinski definition) is 3. The van der Waals surface area contributed by atoms with Gasteiger partial charge < -0.3 is 10.1 Å². The fourth-order valence-electron chi connectivity index (χ4n) is 3.19. The molecule has 0 fully saturated rings. The Hall–Kier alpha value is -3.58. The molecule has 0 aliphatic heterocycles. The minimum Gasteiger partial charge on any atom is -0.493 e. The third kappa shape index (κ3) is 3.72. The highest BCUT2D eigenvalue weighted by Crippen LogP contribution is 2.19. The molecular formula is C21H17ClN4O3. The number of rotatable bonds is 5. The summed E-state index contributed by atoms with van der Waals surface area (Å²) in [7, 11) is 0. The lowest BCUT2D eigenvalue weighted by molar-refractivity contribution is 0.430. The maximum atomic E-state index is 12.2. The number of hydrogen-bond acceptors (Lipinski definition) is 4. The van der Waals surface area contributed by atoms with Crippen molar-refractivity contribution in [3.05, 3.63) is 91.7 Å². The van der Waals surface area contributed by atoms with E-state index in [0.717, 1.165) is 21.0 Å². The Morgan fingerprint density at radius 2 is 1.97 bits per heavy atom. The molecule has 0 bridgehead atoms. The minimum absolute atomic E-state index is 0.0940. The van der Waals surface area contributed by atoms with Gasteiger partial charge in [0.25, 0.3) is 5.56 Å². The zero-order valence-corrected chi connectivity index (χ0v) is 16.0. The van der Waals surface area contributed by atoms with Crippen molar-refractivity contribution in [3.8, 4) is 11.6 Å². The van der Waals surface area contributed by atoms with Crippen LogP contribution in [0.15, 0.2) is 69.3 Å². The van der Waals surface area contributed by atoms with Gasteiger partial charge in [-0.25, -0.2) is 9.36 Å². The predicted molar refractivity (Wildman–Crippen MR) is 114 cm³/mol. The van der Waals surface area contributed by atoms with Crippen molar-refractivity contribution in [2.45, 2.75) is 6.42 Å². The minimum atomic E-state index is -0.759. The summed E-state index contributed by atoms with van der Waals surface area (Å²) in [4.78, 5) is 34.0. The van der Waals surface area contributed by atoms with Gasteiger partial charge >= 0.3 is 5.69 Å². The summed E-state index contributed by atoms with van der Waals surface area (Å²) >= 11 is 5.97. The number of aromatic hydroxyl groups is 1. The SMILES string of the molecule is O=c1[nH]c(=O)n(-c2cccc(Cl)c2)c(O)c1C=NCCc1c[nH]c2ccccc12. The first-order chi connectivity index (χ1) is 14.0. The van der Waals surface area contributed by atoms with Gasteiger partial charge in [-0.15, -0.1) is 0 Å². The molecule has 0 amide bonds. The third-order valence-electron chi connectivity index (χ3n) is 4.59. The van der Waals surface area contributed by atoms with Crippen LogP contribution in [0.5, 0.6) is 5.88 Å². The second-order valence-corrected chi connectivity index (χ2v) is 6.89. The molecule has 0 saturated heterocycles. The first-order valence-electron chi connectivity index (χ1n) is 8.93. The van der Waals surface area contributed by atoms with Gasteiger partial charge in [0.1, 0.15) is 5.56 Å². The molecule has 0 radical (unpaired) electrons. The normalized spacial score (nSPS) is 11.5. The molecule has 0 aliphatic carbocycles. The van der Waals surface area contributed by atoms with Crippen molar-refractivity contribution < 1.29 is 5.11 Å². The van der Waals surface area contributed by atoms with Crippen LogP contribution in [0.4, 0.5) is 0 Å². The molecule has 2 heterocycles. The van der Waals surface area contributed by atoms with E-state index in [0.29, 0.717) is 23.7 Å². The van der Waals surface area contributed by atoms with Crippen molar-refractivity contribution in [1.82, 2.24) is 14.5 Å². The maximum Gasteiger partial charge on any atom is 0.335 e. The first-order valence-corrected chi connectivity index (χ1v) is 9.31. The van der Waals surface area contributed by atoms with Gasteiger partial charge in [0.15, 0.2) is 0 Å². The highest BCUT2D eigenvalue weighted by atomic mass is 35.5. The monoisotopic (exact) mass is 408 g/mol. The number of H-pyrrole nitrogens is 2. The summed E-state index contributed by atoms with van der Waals surface area (Å²) in [5.41, 5.74) is 0.939. The molecule has 0 saturated carbocycles. The zero-order valence-electron chi connectivity index (χ0n) is 15.2. The molecule has 3 N–H and O–H groups in total. The standard InChI is InChI=1S/C21H17ClN4O3/c22-14-4-3-5-15(10-14)26-20(28)17(19(27)25-21(26)29)12-23-9-8-13-11-24-18-7-2-1-6-16(13)18/h1-7,10-12,24,28H,8-9H2,(H,25,27,29). The molecule has 0 atom stereocenters. The molecule has 29 heavy (non-hydrogen) atoms. The van der Waals surface area contributed by atoms with Gasteiger partial charge in [0.05, 0.1) is 5.69 Å². The highest BCUT2D eigenvalue weighted by Gasteiger charge is 2.14. The van der Waals surface area contributed by atoms with Crippen LogP contribution in [0.1, 0.15) is 11.1 Å². The van der Waals surface area contributed by atoms with Gasteiger partial charge in [-0.05, 0) is 36.2 Å². The quantitative estimate of drug-likeness (QED) is 0.442. The fourth-order valence-corrected chi connectivity index (χ4v) is 3.37. The van der Waals surface area contributed by atoms with E-state index in [4.69, 9.17) is 11.6 Å². The number of aromatic nitrogens is 3. The van der Waals surface area contributed by atoms with Crippen LogP contribution in [-0.4, -0.2) is 32.4 Å². The number of aromatic amines is 2. The van der Waals surface area contributed by atoms with Gasteiger partial charge in [-0.3, -0.25) is 14.8 Å². The average Bonchev–Trinajstić information content (AvgIpc) is 3.10. The molecule has 4 rings (SSSR count). The lowest BCUT2D eigenvalue weighted by Gasteiger charge is -2.09. The average molecular weight is 409 g/mol. The lowest BCUT2D eigenvalue weighted by Crippen LogP contribution is -2.31. The second-order valence-electron chi connectivity index (χ2n) is 6.46. The molecular weight excluding hydrogens is 392 g/mol. The van der Waals surface area contributed by atoms with Gasteiger partial charge in [0.2, 0.25) is 5.88 Å².